The van der Waals surface area contributed by atoms with Crippen LogP contribution in [0, 0.1) is 5.92 Å². The summed E-state index contributed by atoms with van der Waals surface area (Å²) in [6.07, 6.45) is 4.95. The second-order valence-electron chi connectivity index (χ2n) is 4.82. The van der Waals surface area contributed by atoms with Crippen molar-refractivity contribution in [1.82, 2.24) is 4.98 Å². The van der Waals surface area contributed by atoms with Crippen LogP contribution in [0.3, 0.4) is 0 Å². The number of pyridine rings is 1. The molecule has 0 spiro atoms. The molecule has 1 amide bonds. The summed E-state index contributed by atoms with van der Waals surface area (Å²) in [4.78, 5) is 15.2. The van der Waals surface area contributed by atoms with E-state index < -0.39 is 5.91 Å². The second kappa shape index (κ2) is 6.38. The zero-order valence-corrected chi connectivity index (χ0v) is 10.9. The van der Waals surface area contributed by atoms with Gasteiger partial charge in [0.05, 0.1) is 17.4 Å². The van der Waals surface area contributed by atoms with Gasteiger partial charge in [-0.3, -0.25) is 4.79 Å². The smallest absolute Gasteiger partial charge is 0.250 e. The molecule has 0 saturated heterocycles. The number of hydrogen-bond acceptors (Lipinski definition) is 5. The van der Waals surface area contributed by atoms with Crippen molar-refractivity contribution in [1.29, 1.82) is 0 Å². The van der Waals surface area contributed by atoms with E-state index in [9.17, 15) is 4.79 Å². The number of nitrogens with one attached hydrogen (secondary N) is 1. The Kier molecular flexibility index (Phi) is 4.57. The molecule has 6 heteroatoms. The molecular weight excluding hydrogens is 244 g/mol. The summed E-state index contributed by atoms with van der Waals surface area (Å²) in [5, 5.41) is 3.12. The van der Waals surface area contributed by atoms with E-state index in [0.717, 1.165) is 32.1 Å². The van der Waals surface area contributed by atoms with Gasteiger partial charge in [-0.1, -0.05) is 0 Å². The second-order valence-corrected chi connectivity index (χ2v) is 4.82. The molecule has 2 rings (SSSR count). The number of anilines is 2. The van der Waals surface area contributed by atoms with Gasteiger partial charge < -0.3 is 21.5 Å². The van der Waals surface area contributed by atoms with Gasteiger partial charge in [-0.05, 0) is 31.2 Å². The van der Waals surface area contributed by atoms with Crippen molar-refractivity contribution in [2.45, 2.75) is 19.3 Å². The van der Waals surface area contributed by atoms with Gasteiger partial charge in [0, 0.05) is 19.8 Å². The maximum Gasteiger partial charge on any atom is 0.250 e. The Labute approximate surface area is 112 Å². The lowest BCUT2D eigenvalue weighted by Gasteiger charge is -2.08. The van der Waals surface area contributed by atoms with Crippen LogP contribution in [0.1, 0.15) is 29.6 Å². The van der Waals surface area contributed by atoms with Crippen molar-refractivity contribution >= 4 is 17.4 Å². The quantitative estimate of drug-likeness (QED) is 0.607. The first-order chi connectivity index (χ1) is 9.16. The van der Waals surface area contributed by atoms with Crippen molar-refractivity contribution in [2.75, 3.05) is 30.8 Å². The highest BCUT2D eigenvalue weighted by molar-refractivity contribution is 5.98. The molecular formula is C13H20N4O2. The van der Waals surface area contributed by atoms with Gasteiger partial charge in [-0.25, -0.2) is 4.98 Å². The molecule has 1 heterocycles. The molecule has 5 N–H and O–H groups in total. The number of amides is 1. The summed E-state index contributed by atoms with van der Waals surface area (Å²) in [7, 11) is 0. The molecule has 1 aliphatic carbocycles. The first-order valence-electron chi connectivity index (χ1n) is 6.53. The fourth-order valence-corrected chi connectivity index (χ4v) is 1.70. The minimum atomic E-state index is -0.546. The molecule has 0 unspecified atom stereocenters. The van der Waals surface area contributed by atoms with Crippen LogP contribution in [0.4, 0.5) is 11.5 Å². The van der Waals surface area contributed by atoms with Crippen LogP contribution < -0.4 is 16.8 Å². The summed E-state index contributed by atoms with van der Waals surface area (Å²) in [5.74, 6) is 0.853. The number of aromatic nitrogens is 1. The minimum absolute atomic E-state index is 0.294. The average Bonchev–Trinajstić information content (AvgIpc) is 3.19. The molecule has 19 heavy (non-hydrogen) atoms. The van der Waals surface area contributed by atoms with E-state index in [2.05, 4.69) is 10.3 Å². The van der Waals surface area contributed by atoms with Crippen molar-refractivity contribution in [3.05, 3.63) is 17.8 Å². The Bertz CT molecular complexity index is 446. The number of carbonyl (C=O) groups excluding carboxylic acids is 1. The van der Waals surface area contributed by atoms with Gasteiger partial charge >= 0.3 is 0 Å². The van der Waals surface area contributed by atoms with Crippen molar-refractivity contribution in [3.63, 3.8) is 0 Å². The summed E-state index contributed by atoms with van der Waals surface area (Å²) in [6, 6.07) is 1.57. The summed E-state index contributed by atoms with van der Waals surface area (Å²) < 4.78 is 5.52. The van der Waals surface area contributed by atoms with Gasteiger partial charge in [0.2, 0.25) is 0 Å². The van der Waals surface area contributed by atoms with Crippen LogP contribution in [0.5, 0.6) is 0 Å². The Morgan fingerprint density at radius 3 is 3.00 bits per heavy atom. The van der Waals surface area contributed by atoms with Crippen molar-refractivity contribution in [3.8, 4) is 0 Å². The van der Waals surface area contributed by atoms with E-state index in [1.165, 1.54) is 19.0 Å². The molecule has 1 saturated carbocycles. The predicted molar refractivity (Wildman–Crippen MR) is 73.8 cm³/mol. The van der Waals surface area contributed by atoms with E-state index >= 15 is 0 Å². The standard InChI is InChI=1S/C13H20N4O2/c14-11-7-17-12(6-10(11)13(15)18)16-4-1-5-19-8-9-2-3-9/h6-7,9H,1-5,8,14H2,(H2,15,18)(H,16,17). The number of nitrogen functional groups attached to an aromatic ring is 1. The minimum Gasteiger partial charge on any atom is -0.397 e. The monoisotopic (exact) mass is 264 g/mol. The Morgan fingerprint density at radius 1 is 1.53 bits per heavy atom. The predicted octanol–water partition coefficient (Wildman–Crippen LogP) is 0.991. The van der Waals surface area contributed by atoms with Gasteiger partial charge in [0.1, 0.15) is 5.82 Å². The first kappa shape index (κ1) is 13.6. The molecule has 1 aliphatic rings. The van der Waals surface area contributed by atoms with Gasteiger partial charge in [0.15, 0.2) is 0 Å². The number of nitrogens with two attached hydrogens (primary N) is 2. The van der Waals surface area contributed by atoms with E-state index in [-0.39, 0.29) is 0 Å². The summed E-state index contributed by atoms with van der Waals surface area (Å²) in [5.41, 5.74) is 11.4. The normalized spacial score (nSPS) is 14.3. The molecule has 1 aromatic rings. The molecule has 1 fully saturated rings. The Hall–Kier alpha value is -1.82. The zero-order valence-electron chi connectivity index (χ0n) is 10.9. The van der Waals surface area contributed by atoms with Crippen LogP contribution in [0.15, 0.2) is 12.3 Å². The molecule has 0 atom stereocenters. The highest BCUT2D eigenvalue weighted by Gasteiger charge is 2.20. The SMILES string of the molecule is NC(=O)c1cc(NCCCOCC2CC2)ncc1N. The molecule has 1 aromatic heterocycles. The largest absolute Gasteiger partial charge is 0.397 e. The van der Waals surface area contributed by atoms with E-state index in [4.69, 9.17) is 16.2 Å². The number of carbonyl (C=O) groups is 1. The van der Waals surface area contributed by atoms with Gasteiger partial charge in [-0.15, -0.1) is 0 Å². The number of ether oxygens (including phenoxy) is 1. The maximum absolute atomic E-state index is 11.1. The third-order valence-electron chi connectivity index (χ3n) is 3.02. The summed E-state index contributed by atoms with van der Waals surface area (Å²) in [6.45, 7) is 2.35. The fourth-order valence-electron chi connectivity index (χ4n) is 1.70. The van der Waals surface area contributed by atoms with Crippen molar-refractivity contribution in [2.24, 2.45) is 11.7 Å². The van der Waals surface area contributed by atoms with Crippen LogP contribution in [0.25, 0.3) is 0 Å². The molecule has 0 aliphatic heterocycles. The molecule has 0 radical (unpaired) electrons. The Balaban J connectivity index is 1.69. The maximum atomic E-state index is 11.1. The number of primary amides is 1. The van der Waals surface area contributed by atoms with E-state index in [1.807, 2.05) is 0 Å². The molecule has 6 nitrogen and oxygen atoms in total. The first-order valence-corrected chi connectivity index (χ1v) is 6.53. The van der Waals surface area contributed by atoms with E-state index in [1.54, 1.807) is 6.07 Å². The lowest BCUT2D eigenvalue weighted by Crippen LogP contribution is -2.15. The zero-order chi connectivity index (χ0) is 13.7. The number of nitrogens with zero attached hydrogens (tertiary/aromatic N) is 1. The third kappa shape index (κ3) is 4.40. The van der Waals surface area contributed by atoms with E-state index in [0.29, 0.717) is 17.1 Å². The average molecular weight is 264 g/mol. The topological polar surface area (TPSA) is 103 Å². The highest BCUT2D eigenvalue weighted by Crippen LogP contribution is 2.28. The third-order valence-corrected chi connectivity index (χ3v) is 3.02. The van der Waals surface area contributed by atoms with Crippen LogP contribution in [0.2, 0.25) is 0 Å². The number of hydrogen-bond donors (Lipinski definition) is 3. The van der Waals surface area contributed by atoms with Crippen LogP contribution >= 0.6 is 0 Å². The lowest BCUT2D eigenvalue weighted by atomic mass is 10.2. The van der Waals surface area contributed by atoms with Crippen molar-refractivity contribution < 1.29 is 9.53 Å². The summed E-state index contributed by atoms with van der Waals surface area (Å²) >= 11 is 0. The molecule has 0 aromatic carbocycles. The highest BCUT2D eigenvalue weighted by atomic mass is 16.5. The Morgan fingerprint density at radius 2 is 2.32 bits per heavy atom. The van der Waals surface area contributed by atoms with Gasteiger partial charge in [0.25, 0.3) is 5.91 Å². The fraction of sp³-hybridized carbons (Fsp3) is 0.538. The number of rotatable bonds is 8. The van der Waals surface area contributed by atoms with Crippen LogP contribution in [-0.4, -0.2) is 30.6 Å². The van der Waals surface area contributed by atoms with Crippen LogP contribution in [-0.2, 0) is 4.74 Å². The molecule has 0 bridgehead atoms. The lowest BCUT2D eigenvalue weighted by molar-refractivity contribution is 0.100. The molecule has 104 valence electrons. The van der Waals surface area contributed by atoms with Gasteiger partial charge in [-0.2, -0.15) is 0 Å².